The first-order valence-electron chi connectivity index (χ1n) is 7.12. The summed E-state index contributed by atoms with van der Waals surface area (Å²) in [5.74, 6) is -0.782. The SMILES string of the molecule is Cc1cccc(OCC(=O)n2cc(C(=O)O)c3ccccc32)c1. The van der Waals surface area contributed by atoms with Crippen molar-refractivity contribution in [2.45, 2.75) is 6.92 Å². The summed E-state index contributed by atoms with van der Waals surface area (Å²) in [6, 6.07) is 14.3. The summed E-state index contributed by atoms with van der Waals surface area (Å²) >= 11 is 0. The molecule has 0 saturated heterocycles. The molecule has 0 unspecified atom stereocenters. The number of ether oxygens (including phenoxy) is 1. The molecule has 5 heteroatoms. The first-order chi connectivity index (χ1) is 11.1. The van der Waals surface area contributed by atoms with Crippen LogP contribution in [0.25, 0.3) is 10.9 Å². The van der Waals surface area contributed by atoms with Crippen LogP contribution in [0.3, 0.4) is 0 Å². The van der Waals surface area contributed by atoms with E-state index in [9.17, 15) is 14.7 Å². The van der Waals surface area contributed by atoms with Gasteiger partial charge < -0.3 is 9.84 Å². The summed E-state index contributed by atoms with van der Waals surface area (Å²) in [6.07, 6.45) is 1.34. The number of benzene rings is 2. The minimum atomic E-state index is -1.06. The third kappa shape index (κ3) is 2.94. The van der Waals surface area contributed by atoms with Crippen LogP contribution in [0.5, 0.6) is 5.75 Å². The quantitative estimate of drug-likeness (QED) is 0.802. The summed E-state index contributed by atoms with van der Waals surface area (Å²) in [5, 5.41) is 9.79. The second-order valence-corrected chi connectivity index (χ2v) is 5.23. The molecule has 1 heterocycles. The van der Waals surface area contributed by atoms with Crippen LogP contribution < -0.4 is 4.74 Å². The van der Waals surface area contributed by atoms with E-state index in [0.717, 1.165) is 5.56 Å². The lowest BCUT2D eigenvalue weighted by Crippen LogP contribution is -2.18. The van der Waals surface area contributed by atoms with Gasteiger partial charge in [0, 0.05) is 11.6 Å². The van der Waals surface area contributed by atoms with Crippen molar-refractivity contribution in [1.29, 1.82) is 0 Å². The van der Waals surface area contributed by atoms with E-state index < -0.39 is 5.97 Å². The number of nitrogens with zero attached hydrogens (tertiary/aromatic N) is 1. The normalized spacial score (nSPS) is 10.7. The molecule has 116 valence electrons. The zero-order chi connectivity index (χ0) is 16.4. The van der Waals surface area contributed by atoms with Gasteiger partial charge in [0.25, 0.3) is 5.91 Å². The van der Waals surface area contributed by atoms with Gasteiger partial charge >= 0.3 is 5.97 Å². The van der Waals surface area contributed by atoms with Gasteiger partial charge in [-0.15, -0.1) is 0 Å². The number of carboxylic acid groups (broad SMARTS) is 1. The van der Waals surface area contributed by atoms with Gasteiger partial charge in [-0.1, -0.05) is 30.3 Å². The molecule has 1 N–H and O–H groups in total. The Labute approximate surface area is 132 Å². The summed E-state index contributed by atoms with van der Waals surface area (Å²) in [6.45, 7) is 1.77. The molecule has 3 aromatic rings. The van der Waals surface area contributed by atoms with Gasteiger partial charge in [-0.25, -0.2) is 4.79 Å². The topological polar surface area (TPSA) is 68.5 Å². The first kappa shape index (κ1) is 14.8. The van der Waals surface area contributed by atoms with Crippen molar-refractivity contribution in [1.82, 2.24) is 4.57 Å². The second-order valence-electron chi connectivity index (χ2n) is 5.23. The molecule has 5 nitrogen and oxygen atoms in total. The Balaban J connectivity index is 1.88. The molecule has 0 amide bonds. The van der Waals surface area contributed by atoms with Crippen LogP contribution in [0.4, 0.5) is 0 Å². The molecule has 1 aromatic heterocycles. The van der Waals surface area contributed by atoms with Crippen LogP contribution in [-0.2, 0) is 0 Å². The summed E-state index contributed by atoms with van der Waals surface area (Å²) < 4.78 is 6.83. The van der Waals surface area contributed by atoms with E-state index in [1.807, 2.05) is 25.1 Å². The van der Waals surface area contributed by atoms with Crippen LogP contribution in [0.15, 0.2) is 54.7 Å². The minimum absolute atomic E-state index is 0.101. The van der Waals surface area contributed by atoms with E-state index in [1.54, 1.807) is 30.3 Å². The van der Waals surface area contributed by atoms with Gasteiger partial charge in [0.1, 0.15) is 5.75 Å². The zero-order valence-electron chi connectivity index (χ0n) is 12.5. The fraction of sp³-hybridized carbons (Fsp3) is 0.111. The maximum atomic E-state index is 12.4. The van der Waals surface area contributed by atoms with Crippen molar-refractivity contribution in [3.05, 3.63) is 65.9 Å². The number of aromatic nitrogens is 1. The predicted molar refractivity (Wildman–Crippen MR) is 86.2 cm³/mol. The molecule has 0 spiro atoms. The van der Waals surface area contributed by atoms with E-state index in [0.29, 0.717) is 16.7 Å². The number of carbonyl (C=O) groups is 2. The Kier molecular flexibility index (Phi) is 3.85. The monoisotopic (exact) mass is 309 g/mol. The summed E-state index contributed by atoms with van der Waals surface area (Å²) in [4.78, 5) is 23.7. The molecule has 0 aliphatic carbocycles. The maximum Gasteiger partial charge on any atom is 0.337 e. The average molecular weight is 309 g/mol. The van der Waals surface area contributed by atoms with Gasteiger partial charge in [0.05, 0.1) is 11.1 Å². The number of hydrogen-bond acceptors (Lipinski definition) is 3. The highest BCUT2D eigenvalue weighted by Crippen LogP contribution is 2.21. The highest BCUT2D eigenvalue weighted by atomic mass is 16.5. The van der Waals surface area contributed by atoms with Crippen molar-refractivity contribution in [2.75, 3.05) is 6.61 Å². The smallest absolute Gasteiger partial charge is 0.337 e. The van der Waals surface area contributed by atoms with Crippen LogP contribution in [0.2, 0.25) is 0 Å². The number of carbonyl (C=O) groups excluding carboxylic acids is 1. The van der Waals surface area contributed by atoms with Crippen molar-refractivity contribution < 1.29 is 19.4 Å². The fourth-order valence-corrected chi connectivity index (χ4v) is 2.48. The van der Waals surface area contributed by atoms with E-state index in [-0.39, 0.29) is 18.1 Å². The number of rotatable bonds is 4. The lowest BCUT2D eigenvalue weighted by molar-refractivity contribution is 0.0699. The average Bonchev–Trinajstić information content (AvgIpc) is 2.93. The highest BCUT2D eigenvalue weighted by molar-refractivity contribution is 6.06. The third-order valence-corrected chi connectivity index (χ3v) is 3.56. The van der Waals surface area contributed by atoms with Gasteiger partial charge in [-0.3, -0.25) is 9.36 Å². The number of aromatic carboxylic acids is 1. The van der Waals surface area contributed by atoms with Crippen molar-refractivity contribution in [3.8, 4) is 5.75 Å². The molecule has 0 fully saturated rings. The molecule has 23 heavy (non-hydrogen) atoms. The van der Waals surface area contributed by atoms with Crippen LogP contribution in [-0.4, -0.2) is 28.2 Å². The zero-order valence-corrected chi connectivity index (χ0v) is 12.5. The molecule has 0 bridgehead atoms. The highest BCUT2D eigenvalue weighted by Gasteiger charge is 2.17. The van der Waals surface area contributed by atoms with Crippen LogP contribution in [0.1, 0.15) is 20.7 Å². The Morgan fingerprint density at radius 2 is 1.91 bits per heavy atom. The molecule has 0 aliphatic rings. The Hall–Kier alpha value is -3.08. The number of aryl methyl sites for hydroxylation is 1. The van der Waals surface area contributed by atoms with Crippen molar-refractivity contribution in [3.63, 3.8) is 0 Å². The number of carboxylic acids is 1. The Bertz CT molecular complexity index is 895. The standard InChI is InChI=1S/C18H15NO4/c1-12-5-4-6-13(9-12)23-11-17(20)19-10-15(18(21)22)14-7-2-3-8-16(14)19/h2-10H,11H2,1H3,(H,21,22). The number of fused-ring (bicyclic) bond motifs is 1. The summed E-state index contributed by atoms with van der Waals surface area (Å²) in [5.41, 5.74) is 1.70. The predicted octanol–water partition coefficient (Wildman–Crippen LogP) is 3.37. The largest absolute Gasteiger partial charge is 0.484 e. The Morgan fingerprint density at radius 3 is 2.65 bits per heavy atom. The molecule has 0 atom stereocenters. The third-order valence-electron chi connectivity index (χ3n) is 3.56. The minimum Gasteiger partial charge on any atom is -0.484 e. The van der Waals surface area contributed by atoms with Crippen LogP contribution >= 0.6 is 0 Å². The van der Waals surface area contributed by atoms with E-state index >= 15 is 0 Å². The number of para-hydroxylation sites is 1. The van der Waals surface area contributed by atoms with Crippen molar-refractivity contribution >= 4 is 22.8 Å². The lowest BCUT2D eigenvalue weighted by atomic mass is 10.2. The molecule has 3 rings (SSSR count). The van der Waals surface area contributed by atoms with Gasteiger partial charge in [-0.2, -0.15) is 0 Å². The number of hydrogen-bond donors (Lipinski definition) is 1. The van der Waals surface area contributed by atoms with Crippen molar-refractivity contribution in [2.24, 2.45) is 0 Å². The second kappa shape index (κ2) is 5.96. The molecule has 0 aliphatic heterocycles. The van der Waals surface area contributed by atoms with Crippen LogP contribution in [0, 0.1) is 6.92 Å². The molecule has 0 saturated carbocycles. The molecular formula is C18H15NO4. The maximum absolute atomic E-state index is 12.4. The van der Waals surface area contributed by atoms with Gasteiger partial charge in [0.15, 0.2) is 6.61 Å². The molecular weight excluding hydrogens is 294 g/mol. The first-order valence-corrected chi connectivity index (χ1v) is 7.12. The van der Waals surface area contributed by atoms with Gasteiger partial charge in [0.2, 0.25) is 0 Å². The molecule has 2 aromatic carbocycles. The van der Waals surface area contributed by atoms with E-state index in [4.69, 9.17) is 4.74 Å². The molecule has 0 radical (unpaired) electrons. The van der Waals surface area contributed by atoms with E-state index in [1.165, 1.54) is 10.8 Å². The van der Waals surface area contributed by atoms with Gasteiger partial charge in [-0.05, 0) is 30.7 Å². The lowest BCUT2D eigenvalue weighted by Gasteiger charge is -2.07. The fourth-order valence-electron chi connectivity index (χ4n) is 2.48. The summed E-state index contributed by atoms with van der Waals surface area (Å²) in [7, 11) is 0. The Morgan fingerprint density at radius 1 is 1.13 bits per heavy atom. The van der Waals surface area contributed by atoms with E-state index in [2.05, 4.69) is 0 Å².